The topological polar surface area (TPSA) is 58.2 Å². The summed E-state index contributed by atoms with van der Waals surface area (Å²) in [7, 11) is 0. The number of hydrogen-bond donors (Lipinski definition) is 2. The summed E-state index contributed by atoms with van der Waals surface area (Å²) in [6.07, 6.45) is 29.8. The number of hydrogen-bond acceptors (Lipinski definition) is 2. The lowest BCUT2D eigenvalue weighted by Crippen LogP contribution is -2.34. The first-order valence-electron chi connectivity index (χ1n) is 15.2. The Morgan fingerprint density at radius 2 is 0.618 bits per heavy atom. The largest absolute Gasteiger partial charge is 0.354 e. The van der Waals surface area contributed by atoms with Crippen molar-refractivity contribution >= 4 is 11.8 Å². The second-order valence-electron chi connectivity index (χ2n) is 10.3. The van der Waals surface area contributed by atoms with Gasteiger partial charge in [-0.1, -0.05) is 142 Å². The van der Waals surface area contributed by atoms with Crippen LogP contribution in [0.2, 0.25) is 0 Å². The van der Waals surface area contributed by atoms with Crippen LogP contribution in [0.4, 0.5) is 0 Å². The molecule has 0 spiro atoms. The third-order valence-corrected chi connectivity index (χ3v) is 6.78. The van der Waals surface area contributed by atoms with Crippen LogP contribution in [0.15, 0.2) is 0 Å². The first-order chi connectivity index (χ1) is 16.7. The van der Waals surface area contributed by atoms with Crippen molar-refractivity contribution in [1.82, 2.24) is 10.6 Å². The van der Waals surface area contributed by atoms with Crippen molar-refractivity contribution in [3.63, 3.8) is 0 Å². The Morgan fingerprint density at radius 3 is 0.882 bits per heavy atom. The second-order valence-corrected chi connectivity index (χ2v) is 10.3. The molecule has 0 unspecified atom stereocenters. The maximum absolute atomic E-state index is 11.9. The molecule has 4 nitrogen and oxygen atoms in total. The number of carbonyl (C=O) groups excluding carboxylic acids is 2. The number of nitrogens with one attached hydrogen (secondary N) is 2. The monoisotopic (exact) mass is 480 g/mol. The molecule has 0 bridgehead atoms. The number of rotatable bonds is 27. The molecule has 0 aromatic rings. The van der Waals surface area contributed by atoms with Crippen molar-refractivity contribution in [1.29, 1.82) is 0 Å². The summed E-state index contributed by atoms with van der Waals surface area (Å²) in [5.74, 6) is 0.242. The number of unbranched alkanes of at least 4 members (excludes halogenated alkanes) is 20. The van der Waals surface area contributed by atoms with E-state index >= 15 is 0 Å². The van der Waals surface area contributed by atoms with Gasteiger partial charge in [0.15, 0.2) is 0 Å². The molecule has 2 N–H and O–H groups in total. The molecular weight excluding hydrogens is 420 g/mol. The van der Waals surface area contributed by atoms with Crippen molar-refractivity contribution in [3.8, 4) is 0 Å². The highest BCUT2D eigenvalue weighted by molar-refractivity contribution is 5.77. The summed E-state index contributed by atoms with van der Waals surface area (Å²) in [6.45, 7) is 5.61. The normalized spacial score (nSPS) is 11.0. The molecule has 0 atom stereocenters. The summed E-state index contributed by atoms with van der Waals surface area (Å²) in [5, 5.41) is 5.86. The molecule has 0 aliphatic carbocycles. The fourth-order valence-electron chi connectivity index (χ4n) is 4.48. The lowest BCUT2D eigenvalue weighted by molar-refractivity contribution is -0.123. The van der Waals surface area contributed by atoms with Crippen LogP contribution in [0.1, 0.15) is 168 Å². The third kappa shape index (κ3) is 27.2. The first-order valence-corrected chi connectivity index (χ1v) is 15.2. The molecule has 0 heterocycles. The fraction of sp³-hybridized carbons (Fsp3) is 0.933. The molecule has 0 aromatic carbocycles. The Kier molecular flexibility index (Phi) is 27.3. The maximum atomic E-state index is 11.9. The van der Waals surface area contributed by atoms with Crippen LogP contribution in [0.3, 0.4) is 0 Å². The van der Waals surface area contributed by atoms with Gasteiger partial charge in [0.25, 0.3) is 0 Å². The van der Waals surface area contributed by atoms with Gasteiger partial charge in [-0.05, 0) is 12.8 Å². The molecule has 0 fully saturated rings. The Bertz CT molecular complexity index is 400. The smallest absolute Gasteiger partial charge is 0.220 e. The van der Waals surface area contributed by atoms with Gasteiger partial charge in [0.2, 0.25) is 11.8 Å². The van der Waals surface area contributed by atoms with Crippen LogP contribution in [0, 0.1) is 0 Å². The van der Waals surface area contributed by atoms with E-state index in [0.29, 0.717) is 25.9 Å². The molecule has 2 amide bonds. The van der Waals surface area contributed by atoms with E-state index in [1.54, 1.807) is 0 Å². The molecule has 0 radical (unpaired) electrons. The zero-order chi connectivity index (χ0) is 25.0. The Morgan fingerprint density at radius 1 is 0.382 bits per heavy atom. The van der Waals surface area contributed by atoms with E-state index in [9.17, 15) is 9.59 Å². The molecule has 0 aliphatic heterocycles. The average molecular weight is 481 g/mol. The van der Waals surface area contributed by atoms with Gasteiger partial charge in [0.05, 0.1) is 0 Å². The van der Waals surface area contributed by atoms with Crippen LogP contribution >= 0.6 is 0 Å². The summed E-state index contributed by atoms with van der Waals surface area (Å²) in [4.78, 5) is 23.8. The van der Waals surface area contributed by atoms with Crippen LogP contribution in [-0.4, -0.2) is 24.9 Å². The Balaban J connectivity index is 3.28. The molecule has 4 heteroatoms. The lowest BCUT2D eigenvalue weighted by atomic mass is 10.1. The molecule has 0 saturated heterocycles. The number of carbonyl (C=O) groups is 2. The van der Waals surface area contributed by atoms with Gasteiger partial charge < -0.3 is 10.6 Å². The highest BCUT2D eigenvalue weighted by Crippen LogP contribution is 2.13. The predicted molar refractivity (Wildman–Crippen MR) is 148 cm³/mol. The van der Waals surface area contributed by atoms with Crippen molar-refractivity contribution in [2.75, 3.05) is 13.1 Å². The van der Waals surface area contributed by atoms with Crippen LogP contribution in [0.5, 0.6) is 0 Å². The second kappa shape index (κ2) is 28.2. The SMILES string of the molecule is CCCCCCCCCCCCCC(=O)NCCNC(=O)CCCCCCCCCCCCC. The summed E-state index contributed by atoms with van der Waals surface area (Å²) >= 11 is 0. The molecular formula is C30H60N2O2. The summed E-state index contributed by atoms with van der Waals surface area (Å²) in [5.41, 5.74) is 0. The highest BCUT2D eigenvalue weighted by Gasteiger charge is 2.03. The van der Waals surface area contributed by atoms with Crippen LogP contribution in [-0.2, 0) is 9.59 Å². The quantitative estimate of drug-likeness (QED) is 0.116. The van der Waals surface area contributed by atoms with Gasteiger partial charge in [-0.3, -0.25) is 9.59 Å². The minimum atomic E-state index is 0.121. The molecule has 202 valence electrons. The van der Waals surface area contributed by atoms with E-state index in [1.807, 2.05) is 0 Å². The summed E-state index contributed by atoms with van der Waals surface area (Å²) in [6, 6.07) is 0. The van der Waals surface area contributed by atoms with Crippen molar-refractivity contribution < 1.29 is 9.59 Å². The van der Waals surface area contributed by atoms with E-state index in [1.165, 1.54) is 116 Å². The third-order valence-electron chi connectivity index (χ3n) is 6.78. The first kappa shape index (κ1) is 32.9. The van der Waals surface area contributed by atoms with E-state index < -0.39 is 0 Å². The van der Waals surface area contributed by atoms with Crippen molar-refractivity contribution in [2.45, 2.75) is 168 Å². The zero-order valence-corrected chi connectivity index (χ0v) is 23.2. The Hall–Kier alpha value is -1.06. The minimum Gasteiger partial charge on any atom is -0.354 e. The highest BCUT2D eigenvalue weighted by atomic mass is 16.2. The lowest BCUT2D eigenvalue weighted by Gasteiger charge is -2.07. The van der Waals surface area contributed by atoms with Crippen LogP contribution in [0.25, 0.3) is 0 Å². The molecule has 0 saturated carbocycles. The minimum absolute atomic E-state index is 0.121. The Labute approximate surface area is 213 Å². The molecule has 0 aromatic heterocycles. The average Bonchev–Trinajstić information content (AvgIpc) is 2.83. The van der Waals surface area contributed by atoms with Gasteiger partial charge in [-0.2, -0.15) is 0 Å². The predicted octanol–water partition coefficient (Wildman–Crippen LogP) is 8.62. The van der Waals surface area contributed by atoms with E-state index in [-0.39, 0.29) is 11.8 Å². The van der Waals surface area contributed by atoms with E-state index in [2.05, 4.69) is 24.5 Å². The molecule has 34 heavy (non-hydrogen) atoms. The van der Waals surface area contributed by atoms with Gasteiger partial charge >= 0.3 is 0 Å². The van der Waals surface area contributed by atoms with Gasteiger partial charge in [0.1, 0.15) is 0 Å². The summed E-state index contributed by atoms with van der Waals surface area (Å²) < 4.78 is 0. The fourth-order valence-corrected chi connectivity index (χ4v) is 4.48. The van der Waals surface area contributed by atoms with Gasteiger partial charge in [0, 0.05) is 25.9 Å². The molecule has 0 rings (SSSR count). The number of amides is 2. The van der Waals surface area contributed by atoms with Gasteiger partial charge in [-0.25, -0.2) is 0 Å². The standard InChI is InChI=1S/C30H60N2O2/c1-3-5-7-9-11-13-15-17-19-21-23-25-29(33)31-27-28-32-30(34)26-24-22-20-18-16-14-12-10-8-6-4-2/h3-28H2,1-2H3,(H,31,33)(H,32,34). The van der Waals surface area contributed by atoms with Crippen molar-refractivity contribution in [2.24, 2.45) is 0 Å². The van der Waals surface area contributed by atoms with E-state index in [0.717, 1.165) is 25.7 Å². The van der Waals surface area contributed by atoms with Crippen molar-refractivity contribution in [3.05, 3.63) is 0 Å². The van der Waals surface area contributed by atoms with Gasteiger partial charge in [-0.15, -0.1) is 0 Å². The van der Waals surface area contributed by atoms with E-state index in [4.69, 9.17) is 0 Å². The van der Waals surface area contributed by atoms with Crippen LogP contribution < -0.4 is 10.6 Å². The molecule has 0 aliphatic rings. The zero-order valence-electron chi connectivity index (χ0n) is 23.2. The maximum Gasteiger partial charge on any atom is 0.220 e.